The van der Waals surface area contributed by atoms with Crippen LogP contribution in [0.4, 0.5) is 0 Å². The summed E-state index contributed by atoms with van der Waals surface area (Å²) in [4.78, 5) is 1.87. The number of piperidine rings is 1. The van der Waals surface area contributed by atoms with Crippen molar-refractivity contribution in [2.75, 3.05) is 19.6 Å². The average molecular weight is 245 g/mol. The molecule has 0 radical (unpaired) electrons. The first-order valence-electron chi connectivity index (χ1n) is 7.25. The highest BCUT2D eigenvalue weighted by Crippen LogP contribution is 2.27. The molecule has 1 saturated heterocycles. The molecule has 0 amide bonds. The number of nitrogens with one attached hydrogen (secondary N) is 1. The quantitative estimate of drug-likeness (QED) is 0.728. The molecule has 2 heteroatoms. The molecule has 2 fully saturated rings. The molecule has 16 heavy (non-hydrogen) atoms. The number of alkyl halides is 1. The van der Waals surface area contributed by atoms with E-state index in [1.807, 2.05) is 4.90 Å². The number of hydrogen-bond acceptors (Lipinski definition) is 0. The van der Waals surface area contributed by atoms with E-state index in [0.29, 0.717) is 5.38 Å². The third-order valence-corrected chi connectivity index (χ3v) is 4.99. The molecule has 1 saturated carbocycles. The van der Waals surface area contributed by atoms with Crippen molar-refractivity contribution >= 4 is 11.6 Å². The summed E-state index contributed by atoms with van der Waals surface area (Å²) >= 11 is 6.28. The van der Waals surface area contributed by atoms with Crippen LogP contribution in [0.15, 0.2) is 0 Å². The molecule has 94 valence electrons. The number of hydrogen-bond donors (Lipinski definition) is 1. The fraction of sp³-hybridized carbons (Fsp3) is 1.00. The molecule has 0 aromatic heterocycles. The molecule has 1 aliphatic heterocycles. The Balaban J connectivity index is 1.75. The lowest BCUT2D eigenvalue weighted by molar-refractivity contribution is -0.912. The van der Waals surface area contributed by atoms with Gasteiger partial charge in [-0.2, -0.15) is 0 Å². The van der Waals surface area contributed by atoms with Crippen LogP contribution in [0.3, 0.4) is 0 Å². The smallest absolute Gasteiger partial charge is 0.0800 e. The predicted octanol–water partition coefficient (Wildman–Crippen LogP) is 2.49. The second-order valence-electron chi connectivity index (χ2n) is 5.95. The Morgan fingerprint density at radius 2 is 1.94 bits per heavy atom. The first-order valence-corrected chi connectivity index (χ1v) is 7.69. The van der Waals surface area contributed by atoms with Gasteiger partial charge in [0.15, 0.2) is 0 Å². The Bertz CT molecular complexity index is 207. The Hall–Kier alpha value is 0.250. The molecule has 0 bridgehead atoms. The minimum Gasteiger partial charge on any atom is -0.334 e. The van der Waals surface area contributed by atoms with Crippen LogP contribution < -0.4 is 4.90 Å². The van der Waals surface area contributed by atoms with Crippen LogP contribution in [0.2, 0.25) is 0 Å². The van der Waals surface area contributed by atoms with E-state index >= 15 is 0 Å². The van der Waals surface area contributed by atoms with E-state index in [1.165, 1.54) is 64.6 Å². The SMILES string of the molecule is CCC1CCC[NH+](CC2CCCC(Cl)C2)C1. The van der Waals surface area contributed by atoms with Gasteiger partial charge in [0.25, 0.3) is 0 Å². The summed E-state index contributed by atoms with van der Waals surface area (Å²) in [6, 6.07) is 0. The zero-order chi connectivity index (χ0) is 11.4. The van der Waals surface area contributed by atoms with E-state index in [9.17, 15) is 0 Å². The maximum absolute atomic E-state index is 6.28. The van der Waals surface area contributed by atoms with Gasteiger partial charge in [-0.1, -0.05) is 13.3 Å². The van der Waals surface area contributed by atoms with Crippen molar-refractivity contribution in [1.29, 1.82) is 0 Å². The standard InChI is InChI=1S/C14H26ClN/c1-2-12-6-4-8-16(10-12)11-13-5-3-7-14(15)9-13/h12-14H,2-11H2,1H3/p+1. The highest BCUT2D eigenvalue weighted by atomic mass is 35.5. The van der Waals surface area contributed by atoms with Crippen LogP contribution >= 0.6 is 11.6 Å². The monoisotopic (exact) mass is 244 g/mol. The third kappa shape index (κ3) is 3.63. The van der Waals surface area contributed by atoms with Gasteiger partial charge in [-0.3, -0.25) is 0 Å². The Morgan fingerprint density at radius 1 is 1.12 bits per heavy atom. The summed E-state index contributed by atoms with van der Waals surface area (Å²) < 4.78 is 0. The minimum atomic E-state index is 0.477. The highest BCUT2D eigenvalue weighted by molar-refractivity contribution is 6.20. The van der Waals surface area contributed by atoms with E-state index < -0.39 is 0 Å². The largest absolute Gasteiger partial charge is 0.334 e. The van der Waals surface area contributed by atoms with Gasteiger partial charge in [-0.05, 0) is 38.5 Å². The molecule has 0 aromatic rings. The normalized spacial score (nSPS) is 40.9. The predicted molar refractivity (Wildman–Crippen MR) is 70.2 cm³/mol. The highest BCUT2D eigenvalue weighted by Gasteiger charge is 2.27. The van der Waals surface area contributed by atoms with E-state index in [1.54, 1.807) is 0 Å². The molecule has 1 aliphatic carbocycles. The second-order valence-corrected chi connectivity index (χ2v) is 6.57. The van der Waals surface area contributed by atoms with Crippen molar-refractivity contribution in [3.63, 3.8) is 0 Å². The lowest BCUT2D eigenvalue weighted by atomic mass is 9.87. The molecular formula is C14H27ClN+. The molecule has 1 nitrogen and oxygen atoms in total. The first-order chi connectivity index (χ1) is 7.78. The van der Waals surface area contributed by atoms with Gasteiger partial charge < -0.3 is 4.90 Å². The van der Waals surface area contributed by atoms with Crippen LogP contribution in [0.1, 0.15) is 51.9 Å². The molecule has 1 heterocycles. The maximum atomic E-state index is 6.28. The molecule has 4 unspecified atom stereocenters. The van der Waals surface area contributed by atoms with Crippen LogP contribution in [0, 0.1) is 11.8 Å². The fourth-order valence-electron chi connectivity index (χ4n) is 3.61. The van der Waals surface area contributed by atoms with E-state index in [0.717, 1.165) is 11.8 Å². The van der Waals surface area contributed by atoms with Crippen LogP contribution in [0.25, 0.3) is 0 Å². The summed E-state index contributed by atoms with van der Waals surface area (Å²) in [7, 11) is 0. The van der Waals surface area contributed by atoms with Gasteiger partial charge >= 0.3 is 0 Å². The summed E-state index contributed by atoms with van der Waals surface area (Å²) in [5, 5.41) is 0.477. The number of quaternary nitrogens is 1. The fourth-order valence-corrected chi connectivity index (χ4v) is 4.01. The molecule has 2 rings (SSSR count). The van der Waals surface area contributed by atoms with Gasteiger partial charge in [-0.15, -0.1) is 11.6 Å². The van der Waals surface area contributed by atoms with Crippen molar-refractivity contribution in [1.82, 2.24) is 0 Å². The summed E-state index contributed by atoms with van der Waals surface area (Å²) in [5.74, 6) is 1.92. The minimum absolute atomic E-state index is 0.477. The van der Waals surface area contributed by atoms with E-state index in [-0.39, 0.29) is 0 Å². The van der Waals surface area contributed by atoms with Gasteiger partial charge in [0, 0.05) is 17.2 Å². The summed E-state index contributed by atoms with van der Waals surface area (Å²) in [5.41, 5.74) is 0. The third-order valence-electron chi connectivity index (χ3n) is 4.59. The molecule has 4 atom stereocenters. The zero-order valence-corrected chi connectivity index (χ0v) is 11.4. The van der Waals surface area contributed by atoms with Gasteiger partial charge in [0.05, 0.1) is 19.6 Å². The van der Waals surface area contributed by atoms with Crippen LogP contribution in [-0.4, -0.2) is 25.0 Å². The summed E-state index contributed by atoms with van der Waals surface area (Å²) in [6.07, 6.45) is 9.64. The molecule has 0 aromatic carbocycles. The maximum Gasteiger partial charge on any atom is 0.0800 e. The Kier molecular flexibility index (Phi) is 4.97. The lowest BCUT2D eigenvalue weighted by Crippen LogP contribution is -3.14. The van der Waals surface area contributed by atoms with E-state index in [4.69, 9.17) is 11.6 Å². The van der Waals surface area contributed by atoms with Gasteiger partial charge in [-0.25, -0.2) is 0 Å². The average Bonchev–Trinajstić information content (AvgIpc) is 2.29. The van der Waals surface area contributed by atoms with Crippen molar-refractivity contribution in [2.45, 2.75) is 57.2 Å². The first kappa shape index (κ1) is 12.7. The molecule has 1 N–H and O–H groups in total. The summed E-state index contributed by atoms with van der Waals surface area (Å²) in [6.45, 7) is 6.60. The van der Waals surface area contributed by atoms with Crippen molar-refractivity contribution in [3.8, 4) is 0 Å². The van der Waals surface area contributed by atoms with Gasteiger partial charge in [0.1, 0.15) is 0 Å². The van der Waals surface area contributed by atoms with E-state index in [2.05, 4.69) is 6.92 Å². The van der Waals surface area contributed by atoms with Crippen LogP contribution in [-0.2, 0) is 0 Å². The zero-order valence-electron chi connectivity index (χ0n) is 10.7. The lowest BCUT2D eigenvalue weighted by Gasteiger charge is -2.34. The van der Waals surface area contributed by atoms with Crippen molar-refractivity contribution < 1.29 is 4.90 Å². The molecular weight excluding hydrogens is 218 g/mol. The Labute approximate surface area is 106 Å². The number of halogens is 1. The Morgan fingerprint density at radius 3 is 2.69 bits per heavy atom. The number of likely N-dealkylation sites (tertiary alicyclic amines) is 1. The number of rotatable bonds is 3. The second kappa shape index (κ2) is 6.26. The molecule has 0 spiro atoms. The van der Waals surface area contributed by atoms with Crippen LogP contribution in [0.5, 0.6) is 0 Å². The van der Waals surface area contributed by atoms with Gasteiger partial charge in [0.2, 0.25) is 0 Å². The topological polar surface area (TPSA) is 4.44 Å². The molecule has 2 aliphatic rings. The van der Waals surface area contributed by atoms with Crippen molar-refractivity contribution in [3.05, 3.63) is 0 Å². The van der Waals surface area contributed by atoms with Crippen molar-refractivity contribution in [2.24, 2.45) is 11.8 Å².